The molecule has 0 N–H and O–H groups in total. The Hall–Kier alpha value is -2.92. The number of hydrogen-bond acceptors (Lipinski definition) is 2. The molecule has 1 fully saturated rings. The van der Waals surface area contributed by atoms with E-state index in [1.54, 1.807) is 0 Å². The SMILES string of the molecule is Brc1ccc2c(c1)c1cc(-c3ccccc3)ccc1n2-c1ccc(C2OCCO2)cc1. The van der Waals surface area contributed by atoms with E-state index in [1.807, 2.05) is 0 Å². The van der Waals surface area contributed by atoms with Gasteiger partial charge >= 0.3 is 0 Å². The first-order chi connectivity index (χ1) is 15.3. The first-order valence-electron chi connectivity index (χ1n) is 10.4. The highest BCUT2D eigenvalue weighted by Gasteiger charge is 2.19. The highest BCUT2D eigenvalue weighted by atomic mass is 79.9. The van der Waals surface area contributed by atoms with E-state index in [4.69, 9.17) is 9.47 Å². The Balaban J connectivity index is 1.54. The molecule has 1 aliphatic heterocycles. The lowest BCUT2D eigenvalue weighted by molar-refractivity contribution is -0.0441. The summed E-state index contributed by atoms with van der Waals surface area (Å²) in [6.45, 7) is 1.30. The van der Waals surface area contributed by atoms with Gasteiger partial charge in [0.25, 0.3) is 0 Å². The Morgan fingerprint density at radius 2 is 1.35 bits per heavy atom. The zero-order valence-corrected chi connectivity index (χ0v) is 18.4. The molecule has 6 rings (SSSR count). The van der Waals surface area contributed by atoms with Crippen LogP contribution in [0.1, 0.15) is 11.9 Å². The number of fused-ring (bicyclic) bond motifs is 3. The van der Waals surface area contributed by atoms with Crippen molar-refractivity contribution >= 4 is 37.7 Å². The third kappa shape index (κ3) is 3.28. The fourth-order valence-corrected chi connectivity index (χ4v) is 4.78. The zero-order chi connectivity index (χ0) is 20.8. The monoisotopic (exact) mass is 469 g/mol. The molecule has 0 atom stereocenters. The minimum atomic E-state index is -0.253. The van der Waals surface area contributed by atoms with Crippen molar-refractivity contribution in [2.75, 3.05) is 13.2 Å². The van der Waals surface area contributed by atoms with Gasteiger partial charge in [0.1, 0.15) is 0 Å². The van der Waals surface area contributed by atoms with Gasteiger partial charge in [0.15, 0.2) is 6.29 Å². The summed E-state index contributed by atoms with van der Waals surface area (Å²) in [5.74, 6) is 0. The third-order valence-corrected chi connectivity index (χ3v) is 6.37. The normalized spacial score (nSPS) is 14.6. The van der Waals surface area contributed by atoms with Crippen molar-refractivity contribution in [3.8, 4) is 16.8 Å². The quantitative estimate of drug-likeness (QED) is 0.277. The van der Waals surface area contributed by atoms with E-state index in [2.05, 4.69) is 111 Å². The molecule has 0 radical (unpaired) electrons. The summed E-state index contributed by atoms with van der Waals surface area (Å²) in [5, 5.41) is 2.47. The van der Waals surface area contributed by atoms with Crippen LogP contribution < -0.4 is 0 Å². The van der Waals surface area contributed by atoms with Gasteiger partial charge in [-0.3, -0.25) is 0 Å². The van der Waals surface area contributed by atoms with Crippen LogP contribution in [-0.2, 0) is 9.47 Å². The lowest BCUT2D eigenvalue weighted by Gasteiger charge is -2.12. The van der Waals surface area contributed by atoms with Crippen LogP contribution in [0.3, 0.4) is 0 Å². The second kappa shape index (κ2) is 7.65. The van der Waals surface area contributed by atoms with Crippen LogP contribution in [0.15, 0.2) is 95.5 Å². The van der Waals surface area contributed by atoms with E-state index >= 15 is 0 Å². The maximum Gasteiger partial charge on any atom is 0.184 e. The molecule has 1 aliphatic rings. The van der Waals surface area contributed by atoms with Crippen molar-refractivity contribution in [3.63, 3.8) is 0 Å². The number of ether oxygens (including phenoxy) is 2. The van der Waals surface area contributed by atoms with E-state index in [0.29, 0.717) is 13.2 Å². The van der Waals surface area contributed by atoms with Crippen LogP contribution in [0.5, 0.6) is 0 Å². The Morgan fingerprint density at radius 3 is 2.10 bits per heavy atom. The molecule has 5 aromatic rings. The van der Waals surface area contributed by atoms with Crippen LogP contribution in [0.2, 0.25) is 0 Å². The lowest BCUT2D eigenvalue weighted by Crippen LogP contribution is -1.99. The van der Waals surface area contributed by atoms with Crippen LogP contribution in [0, 0.1) is 0 Å². The lowest BCUT2D eigenvalue weighted by atomic mass is 10.0. The van der Waals surface area contributed by atoms with E-state index in [0.717, 1.165) is 15.7 Å². The summed E-state index contributed by atoms with van der Waals surface area (Å²) in [4.78, 5) is 0. The van der Waals surface area contributed by atoms with Gasteiger partial charge in [0.2, 0.25) is 0 Å². The number of nitrogens with zero attached hydrogens (tertiary/aromatic N) is 1. The van der Waals surface area contributed by atoms with Crippen molar-refractivity contribution in [1.29, 1.82) is 0 Å². The summed E-state index contributed by atoms with van der Waals surface area (Å²) in [6, 6.07) is 32.2. The van der Waals surface area contributed by atoms with Crippen molar-refractivity contribution in [1.82, 2.24) is 4.57 Å². The Kier molecular flexibility index (Phi) is 4.64. The molecular weight excluding hydrogens is 450 g/mol. The van der Waals surface area contributed by atoms with Crippen LogP contribution >= 0.6 is 15.9 Å². The number of hydrogen-bond donors (Lipinski definition) is 0. The maximum absolute atomic E-state index is 5.64. The molecule has 4 heteroatoms. The largest absolute Gasteiger partial charge is 0.346 e. The fourth-order valence-electron chi connectivity index (χ4n) is 4.42. The minimum absolute atomic E-state index is 0.253. The topological polar surface area (TPSA) is 23.4 Å². The molecule has 0 amide bonds. The predicted molar refractivity (Wildman–Crippen MR) is 129 cm³/mol. The van der Waals surface area contributed by atoms with Gasteiger partial charge in [0, 0.05) is 26.5 Å². The highest BCUT2D eigenvalue weighted by molar-refractivity contribution is 9.10. The predicted octanol–water partition coefficient (Wildman–Crippen LogP) is 7.26. The van der Waals surface area contributed by atoms with Gasteiger partial charge in [-0.25, -0.2) is 0 Å². The van der Waals surface area contributed by atoms with E-state index in [9.17, 15) is 0 Å². The first kappa shape index (κ1) is 18.8. The van der Waals surface area contributed by atoms with Crippen molar-refractivity contribution in [3.05, 3.63) is 101 Å². The Bertz CT molecular complexity index is 1380. The molecule has 2 heterocycles. The smallest absolute Gasteiger partial charge is 0.184 e. The average molecular weight is 470 g/mol. The van der Waals surface area contributed by atoms with Crippen LogP contribution in [0.4, 0.5) is 0 Å². The van der Waals surface area contributed by atoms with Crippen molar-refractivity contribution < 1.29 is 9.47 Å². The van der Waals surface area contributed by atoms with Crippen LogP contribution in [0.25, 0.3) is 38.6 Å². The molecule has 1 saturated heterocycles. The molecule has 152 valence electrons. The molecule has 0 aliphatic carbocycles. The van der Waals surface area contributed by atoms with Gasteiger partial charge < -0.3 is 14.0 Å². The van der Waals surface area contributed by atoms with Crippen LogP contribution in [-0.4, -0.2) is 17.8 Å². The molecule has 0 spiro atoms. The van der Waals surface area contributed by atoms with Gasteiger partial charge in [-0.15, -0.1) is 0 Å². The zero-order valence-electron chi connectivity index (χ0n) is 16.8. The molecule has 1 aromatic heterocycles. The summed E-state index contributed by atoms with van der Waals surface area (Å²) < 4.78 is 14.7. The summed E-state index contributed by atoms with van der Waals surface area (Å²) >= 11 is 3.66. The summed E-state index contributed by atoms with van der Waals surface area (Å²) in [5.41, 5.74) is 6.99. The highest BCUT2D eigenvalue weighted by Crippen LogP contribution is 2.36. The number of aromatic nitrogens is 1. The third-order valence-electron chi connectivity index (χ3n) is 5.88. The summed E-state index contributed by atoms with van der Waals surface area (Å²) in [6.07, 6.45) is -0.253. The first-order valence-corrected chi connectivity index (χ1v) is 11.2. The van der Waals surface area contributed by atoms with Crippen molar-refractivity contribution in [2.45, 2.75) is 6.29 Å². The summed E-state index contributed by atoms with van der Waals surface area (Å²) in [7, 11) is 0. The van der Waals surface area contributed by atoms with Gasteiger partial charge in [-0.05, 0) is 53.6 Å². The number of halogens is 1. The molecule has 3 nitrogen and oxygen atoms in total. The van der Waals surface area contributed by atoms with E-state index in [1.165, 1.54) is 32.9 Å². The Morgan fingerprint density at radius 1 is 0.677 bits per heavy atom. The van der Waals surface area contributed by atoms with Crippen molar-refractivity contribution in [2.24, 2.45) is 0 Å². The standard InChI is InChI=1S/C27H20BrNO2/c28-21-9-13-26-24(17-21)23-16-20(18-4-2-1-3-5-18)8-12-25(23)29(26)22-10-6-19(7-11-22)27-30-14-15-31-27/h1-13,16-17,27H,14-15H2. The fraction of sp³-hybridized carbons (Fsp3) is 0.111. The molecule has 0 unspecified atom stereocenters. The number of rotatable bonds is 3. The molecule has 4 aromatic carbocycles. The second-order valence-corrected chi connectivity index (χ2v) is 8.68. The van der Waals surface area contributed by atoms with Gasteiger partial charge in [-0.1, -0.05) is 64.5 Å². The molecule has 0 saturated carbocycles. The number of benzene rings is 4. The van der Waals surface area contributed by atoms with E-state index < -0.39 is 0 Å². The maximum atomic E-state index is 5.64. The van der Waals surface area contributed by atoms with Gasteiger partial charge in [0.05, 0.1) is 24.2 Å². The average Bonchev–Trinajstić information content (AvgIpc) is 3.46. The Labute approximate surface area is 189 Å². The minimum Gasteiger partial charge on any atom is -0.346 e. The molecule has 0 bridgehead atoms. The van der Waals surface area contributed by atoms with E-state index in [-0.39, 0.29) is 6.29 Å². The molecule has 31 heavy (non-hydrogen) atoms. The second-order valence-electron chi connectivity index (χ2n) is 7.76. The molecular formula is C27H20BrNO2. The van der Waals surface area contributed by atoms with Gasteiger partial charge in [-0.2, -0.15) is 0 Å².